The van der Waals surface area contributed by atoms with Crippen LogP contribution in [0, 0.1) is 5.82 Å². The summed E-state index contributed by atoms with van der Waals surface area (Å²) >= 11 is 0. The van der Waals surface area contributed by atoms with Gasteiger partial charge in [0.1, 0.15) is 11.6 Å². The third-order valence-corrected chi connectivity index (χ3v) is 6.61. The number of carbonyl (C=O) groups is 2. The second-order valence-electron chi connectivity index (χ2n) is 8.76. The second-order valence-corrected chi connectivity index (χ2v) is 8.76. The zero-order valence-corrected chi connectivity index (χ0v) is 17.0. The van der Waals surface area contributed by atoms with Crippen molar-refractivity contribution < 1.29 is 14.0 Å². The van der Waals surface area contributed by atoms with Crippen molar-refractivity contribution in [1.82, 2.24) is 14.8 Å². The number of benzene rings is 1. The fourth-order valence-corrected chi connectivity index (χ4v) is 4.99. The molecule has 2 amide bonds. The van der Waals surface area contributed by atoms with Crippen LogP contribution in [0.2, 0.25) is 0 Å². The highest BCUT2D eigenvalue weighted by molar-refractivity contribution is 5.95. The standard InChI is InChI=1S/C23H25FN4O2/c1-23(17-4-2-5-18(24)11-17)12-15-10-16(13-25-21(15)26-23)22(30)27-9-7-19(14-27)28-8-3-6-20(28)29/h2,4-5,10-11,13,19H,3,6-9,12,14H2,1H3,(H,25,26)/t19-,23+/m0/s1. The largest absolute Gasteiger partial charge is 0.360 e. The maximum atomic E-state index is 13.7. The Morgan fingerprint density at radius 1 is 1.30 bits per heavy atom. The van der Waals surface area contributed by atoms with E-state index >= 15 is 0 Å². The van der Waals surface area contributed by atoms with E-state index in [-0.39, 0.29) is 23.7 Å². The number of hydrogen-bond acceptors (Lipinski definition) is 4. The van der Waals surface area contributed by atoms with Crippen molar-refractivity contribution in [3.8, 4) is 0 Å². The Morgan fingerprint density at radius 2 is 2.17 bits per heavy atom. The minimum Gasteiger partial charge on any atom is -0.360 e. The van der Waals surface area contributed by atoms with E-state index in [0.29, 0.717) is 31.5 Å². The van der Waals surface area contributed by atoms with Crippen LogP contribution in [0.15, 0.2) is 36.5 Å². The third-order valence-electron chi connectivity index (χ3n) is 6.61. The molecule has 1 aromatic heterocycles. The van der Waals surface area contributed by atoms with Crippen molar-refractivity contribution in [2.75, 3.05) is 25.0 Å². The van der Waals surface area contributed by atoms with Gasteiger partial charge in [-0.15, -0.1) is 0 Å². The molecule has 0 radical (unpaired) electrons. The number of pyridine rings is 1. The molecule has 2 fully saturated rings. The molecule has 3 aliphatic rings. The van der Waals surface area contributed by atoms with Gasteiger partial charge in [-0.25, -0.2) is 9.37 Å². The van der Waals surface area contributed by atoms with Crippen LogP contribution in [-0.2, 0) is 16.8 Å². The minimum absolute atomic E-state index is 0.0428. The first-order valence-electron chi connectivity index (χ1n) is 10.5. The van der Waals surface area contributed by atoms with Crippen LogP contribution in [0.25, 0.3) is 0 Å². The van der Waals surface area contributed by atoms with E-state index in [4.69, 9.17) is 0 Å². The normalized spacial score (nSPS) is 25.5. The third kappa shape index (κ3) is 3.22. The Morgan fingerprint density at radius 3 is 2.93 bits per heavy atom. The molecule has 5 rings (SSSR count). The number of nitrogens with zero attached hydrogens (tertiary/aromatic N) is 3. The first kappa shape index (κ1) is 19.0. The van der Waals surface area contributed by atoms with Gasteiger partial charge < -0.3 is 15.1 Å². The molecule has 0 saturated carbocycles. The molecule has 2 aromatic rings. The van der Waals surface area contributed by atoms with Crippen LogP contribution in [-0.4, -0.2) is 52.3 Å². The van der Waals surface area contributed by atoms with Crippen LogP contribution in [0.1, 0.15) is 47.7 Å². The zero-order chi connectivity index (χ0) is 20.9. The van der Waals surface area contributed by atoms with Crippen molar-refractivity contribution in [3.05, 3.63) is 59.0 Å². The number of anilines is 1. The van der Waals surface area contributed by atoms with Crippen LogP contribution in [0.4, 0.5) is 10.2 Å². The van der Waals surface area contributed by atoms with Gasteiger partial charge in [-0.3, -0.25) is 9.59 Å². The van der Waals surface area contributed by atoms with Gasteiger partial charge in [0.2, 0.25) is 5.91 Å². The molecule has 0 bridgehead atoms. The molecule has 4 heterocycles. The first-order chi connectivity index (χ1) is 14.4. The SMILES string of the molecule is C[C@]1(c2cccc(F)c2)Cc2cc(C(=O)N3CC[C@H](N4CCCC4=O)C3)cnc2N1. The monoisotopic (exact) mass is 408 g/mol. The fourth-order valence-electron chi connectivity index (χ4n) is 4.99. The van der Waals surface area contributed by atoms with Crippen LogP contribution in [0.3, 0.4) is 0 Å². The van der Waals surface area contributed by atoms with Crippen molar-refractivity contribution >= 4 is 17.6 Å². The molecular formula is C23H25FN4O2. The molecule has 0 spiro atoms. The summed E-state index contributed by atoms with van der Waals surface area (Å²) < 4.78 is 13.7. The summed E-state index contributed by atoms with van der Waals surface area (Å²) in [5.41, 5.74) is 1.91. The van der Waals surface area contributed by atoms with Gasteiger partial charge in [-0.2, -0.15) is 0 Å². The molecule has 6 nitrogen and oxygen atoms in total. The number of fused-ring (bicyclic) bond motifs is 1. The maximum Gasteiger partial charge on any atom is 0.255 e. The Hall–Kier alpha value is -2.96. The summed E-state index contributed by atoms with van der Waals surface area (Å²) in [7, 11) is 0. The second kappa shape index (κ2) is 7.07. The van der Waals surface area contributed by atoms with Crippen LogP contribution in [0.5, 0.6) is 0 Å². The van der Waals surface area contributed by atoms with E-state index in [1.165, 1.54) is 12.1 Å². The maximum absolute atomic E-state index is 13.7. The lowest BCUT2D eigenvalue weighted by atomic mass is 9.89. The average molecular weight is 408 g/mol. The Bertz CT molecular complexity index is 1030. The molecule has 156 valence electrons. The summed E-state index contributed by atoms with van der Waals surface area (Å²) in [6.45, 7) is 4.06. The lowest BCUT2D eigenvalue weighted by Crippen LogP contribution is -2.39. The number of hydrogen-bond donors (Lipinski definition) is 1. The van der Waals surface area contributed by atoms with Gasteiger partial charge in [0.25, 0.3) is 5.91 Å². The van der Waals surface area contributed by atoms with Gasteiger partial charge in [0.05, 0.1) is 17.1 Å². The molecule has 3 aliphatic heterocycles. The number of rotatable bonds is 3. The Labute approximate surface area is 175 Å². The number of likely N-dealkylation sites (tertiary alicyclic amines) is 2. The van der Waals surface area contributed by atoms with E-state index in [0.717, 1.165) is 36.3 Å². The summed E-state index contributed by atoms with van der Waals surface area (Å²) in [6, 6.07) is 8.61. The van der Waals surface area contributed by atoms with E-state index < -0.39 is 5.54 Å². The molecule has 1 N–H and O–H groups in total. The predicted molar refractivity (Wildman–Crippen MR) is 111 cm³/mol. The first-order valence-corrected chi connectivity index (χ1v) is 10.5. The van der Waals surface area contributed by atoms with Gasteiger partial charge in [0, 0.05) is 38.7 Å². The summed E-state index contributed by atoms with van der Waals surface area (Å²) in [6.07, 6.45) is 4.60. The minimum atomic E-state index is -0.464. The number of nitrogens with one attached hydrogen (secondary N) is 1. The molecule has 7 heteroatoms. The number of amides is 2. The van der Waals surface area contributed by atoms with Gasteiger partial charge in [-0.05, 0) is 49.1 Å². The predicted octanol–water partition coefficient (Wildman–Crippen LogP) is 2.94. The lowest BCUT2D eigenvalue weighted by Gasteiger charge is -2.25. The zero-order valence-electron chi connectivity index (χ0n) is 17.0. The topological polar surface area (TPSA) is 65.5 Å². The highest BCUT2D eigenvalue weighted by Gasteiger charge is 2.37. The molecule has 1 aromatic carbocycles. The van der Waals surface area contributed by atoms with Crippen molar-refractivity contribution in [3.63, 3.8) is 0 Å². The Balaban J connectivity index is 1.32. The number of halogens is 1. The number of aromatic nitrogens is 1. The highest BCUT2D eigenvalue weighted by Crippen LogP contribution is 2.38. The summed E-state index contributed by atoms with van der Waals surface area (Å²) in [5, 5.41) is 3.39. The van der Waals surface area contributed by atoms with Gasteiger partial charge in [0.15, 0.2) is 0 Å². The quantitative estimate of drug-likeness (QED) is 0.848. The van der Waals surface area contributed by atoms with Crippen LogP contribution < -0.4 is 5.32 Å². The Kier molecular flexibility index (Phi) is 4.49. The van der Waals surface area contributed by atoms with E-state index in [1.807, 2.05) is 28.9 Å². The fraction of sp³-hybridized carbons (Fsp3) is 0.435. The van der Waals surface area contributed by atoms with E-state index in [9.17, 15) is 14.0 Å². The number of carbonyl (C=O) groups excluding carboxylic acids is 2. The van der Waals surface area contributed by atoms with Crippen molar-refractivity contribution in [2.24, 2.45) is 0 Å². The molecular weight excluding hydrogens is 383 g/mol. The van der Waals surface area contributed by atoms with Crippen LogP contribution >= 0.6 is 0 Å². The van der Waals surface area contributed by atoms with E-state index in [2.05, 4.69) is 10.3 Å². The average Bonchev–Trinajstić information content (AvgIpc) is 3.44. The van der Waals surface area contributed by atoms with Crippen molar-refractivity contribution in [1.29, 1.82) is 0 Å². The molecule has 2 saturated heterocycles. The highest BCUT2D eigenvalue weighted by atomic mass is 19.1. The van der Waals surface area contributed by atoms with Crippen molar-refractivity contribution in [2.45, 2.75) is 44.2 Å². The molecule has 0 aliphatic carbocycles. The lowest BCUT2D eigenvalue weighted by molar-refractivity contribution is -0.129. The molecule has 30 heavy (non-hydrogen) atoms. The smallest absolute Gasteiger partial charge is 0.255 e. The molecule has 2 atom stereocenters. The van der Waals surface area contributed by atoms with Gasteiger partial charge >= 0.3 is 0 Å². The summed E-state index contributed by atoms with van der Waals surface area (Å²) in [5.74, 6) is 0.630. The van der Waals surface area contributed by atoms with Gasteiger partial charge in [-0.1, -0.05) is 12.1 Å². The molecule has 0 unspecified atom stereocenters. The summed E-state index contributed by atoms with van der Waals surface area (Å²) in [4.78, 5) is 33.3. The van der Waals surface area contributed by atoms with E-state index in [1.54, 1.807) is 12.3 Å².